The van der Waals surface area contributed by atoms with Gasteiger partial charge in [-0.25, -0.2) is 14.6 Å². The van der Waals surface area contributed by atoms with Crippen molar-refractivity contribution in [3.05, 3.63) is 112 Å². The number of rotatable bonds is 7. The third kappa shape index (κ3) is 11.1. The highest BCUT2D eigenvalue weighted by molar-refractivity contribution is 14.1. The molecule has 15 nitrogen and oxygen atoms in total. The maximum absolute atomic E-state index is 12.9. The number of carbonyl (C=O) groups excluding carboxylic acids is 2. The van der Waals surface area contributed by atoms with Gasteiger partial charge in [0, 0.05) is 59.9 Å². The standard InChI is InChI=1S/C18H17ClN6O.C15H14ClIN4O.C9H19N.C3H4N2/c1-3-14-17(26)23(2)15-11-20-18(19)22-16(15)25(14)13-7-4-6-12(10-13)24-9-5-8-21-24;1-3-11-14(22)20(2)12-8-18-15(16)19-13(12)21(11)10-6-4-5-9(17)7-10;1-3-8-6-4-5-7-9(8)10-2;1-2-4-5-3-1/h4-11,14H,3H2,1-2H3;4-8,11H,3H2,1-2H3;8-10H,3-7H2,1-2H3;1-3H,(H,4,5)/t;;8-,9-;/m..0./s1. The van der Waals surface area contributed by atoms with Crippen LogP contribution in [0.15, 0.2) is 97.8 Å². The van der Waals surface area contributed by atoms with Crippen molar-refractivity contribution in [1.29, 1.82) is 0 Å². The van der Waals surface area contributed by atoms with Crippen LogP contribution in [-0.2, 0) is 9.59 Å². The Kier molecular flexibility index (Phi) is 16.9. The summed E-state index contributed by atoms with van der Waals surface area (Å²) in [6, 6.07) is 19.7. The molecule has 3 aliphatic rings. The Hall–Kier alpha value is -5.17. The summed E-state index contributed by atoms with van der Waals surface area (Å²) in [5.74, 6) is 2.27. The van der Waals surface area contributed by atoms with Crippen LogP contribution in [0.4, 0.5) is 34.4 Å². The Labute approximate surface area is 392 Å². The summed E-state index contributed by atoms with van der Waals surface area (Å²) in [6.07, 6.45) is 18.6. The third-order valence-corrected chi connectivity index (χ3v) is 12.5. The van der Waals surface area contributed by atoms with E-state index in [9.17, 15) is 9.59 Å². The molecule has 2 amide bonds. The van der Waals surface area contributed by atoms with Gasteiger partial charge in [-0.2, -0.15) is 20.2 Å². The first-order valence-corrected chi connectivity index (χ1v) is 23.0. The molecule has 2 aliphatic heterocycles. The SMILES string of the molecule is CCC1C(=O)N(C)c2cnc(Cl)nc2N1c1cccc(-n2cccn2)c1.CCC1C(=O)N(C)c2cnc(Cl)nc2N1c1cccc(I)c1.CC[C@H]1CCCC[C@@H]1NC.c1cn[nH]c1. The summed E-state index contributed by atoms with van der Waals surface area (Å²) in [5, 5.41) is 14.2. The van der Waals surface area contributed by atoms with Crippen LogP contribution in [-0.4, -0.2) is 91.0 Å². The molecular weight excluding hydrogens is 952 g/mol. The molecule has 1 aliphatic carbocycles. The predicted octanol–water partition coefficient (Wildman–Crippen LogP) is 9.42. The van der Waals surface area contributed by atoms with Crippen molar-refractivity contribution < 1.29 is 9.59 Å². The number of nitrogens with zero attached hydrogens (tertiary/aromatic N) is 11. The lowest BCUT2D eigenvalue weighted by Gasteiger charge is -2.40. The van der Waals surface area contributed by atoms with Crippen molar-refractivity contribution in [2.75, 3.05) is 40.7 Å². The number of hydrogen-bond donors (Lipinski definition) is 2. The fourth-order valence-corrected chi connectivity index (χ4v) is 8.95. The zero-order chi connectivity index (χ0) is 45.0. The monoisotopic (exact) mass is 1010 g/mol. The molecule has 0 bridgehead atoms. The van der Waals surface area contributed by atoms with Gasteiger partial charge in [-0.05, 0) is 133 Å². The van der Waals surface area contributed by atoms with Crippen LogP contribution >= 0.6 is 45.8 Å². The molecule has 2 unspecified atom stereocenters. The number of anilines is 6. The van der Waals surface area contributed by atoms with Crippen LogP contribution < -0.4 is 24.9 Å². The molecule has 332 valence electrons. The van der Waals surface area contributed by atoms with Gasteiger partial charge in [0.2, 0.25) is 22.4 Å². The highest BCUT2D eigenvalue weighted by atomic mass is 127. The molecule has 4 aromatic heterocycles. The van der Waals surface area contributed by atoms with E-state index in [-0.39, 0.29) is 34.5 Å². The molecule has 18 heteroatoms. The van der Waals surface area contributed by atoms with Gasteiger partial charge in [-0.3, -0.25) is 14.7 Å². The third-order valence-electron chi connectivity index (χ3n) is 11.4. The number of carbonyl (C=O) groups is 2. The van der Waals surface area contributed by atoms with E-state index in [0.29, 0.717) is 35.9 Å². The maximum atomic E-state index is 12.9. The van der Waals surface area contributed by atoms with E-state index in [0.717, 1.165) is 32.6 Å². The Morgan fingerprint density at radius 3 is 1.78 bits per heavy atom. The fourth-order valence-electron chi connectivity index (χ4n) is 8.16. The molecule has 4 atom stereocenters. The van der Waals surface area contributed by atoms with E-state index < -0.39 is 0 Å². The first-order chi connectivity index (χ1) is 30.5. The Morgan fingerprint density at radius 2 is 1.32 bits per heavy atom. The minimum absolute atomic E-state index is 0.00425. The number of benzene rings is 2. The van der Waals surface area contributed by atoms with Crippen LogP contribution in [0.3, 0.4) is 0 Å². The van der Waals surface area contributed by atoms with Gasteiger partial charge in [-0.1, -0.05) is 52.2 Å². The number of halogens is 3. The molecule has 0 spiro atoms. The highest BCUT2D eigenvalue weighted by Gasteiger charge is 2.39. The van der Waals surface area contributed by atoms with E-state index in [4.69, 9.17) is 23.2 Å². The molecule has 1 saturated carbocycles. The Balaban J connectivity index is 0.000000160. The minimum Gasteiger partial charge on any atom is -0.317 e. The van der Waals surface area contributed by atoms with Gasteiger partial charge in [-0.15, -0.1) is 0 Å². The number of aromatic nitrogens is 8. The second kappa shape index (κ2) is 22.4. The fraction of sp³-hybridized carbons (Fsp3) is 0.378. The average Bonchev–Trinajstić information content (AvgIpc) is 4.08. The van der Waals surface area contributed by atoms with Gasteiger partial charge in [0.1, 0.15) is 23.5 Å². The van der Waals surface area contributed by atoms with Crippen molar-refractivity contribution in [3.8, 4) is 5.69 Å². The van der Waals surface area contributed by atoms with Gasteiger partial charge in [0.15, 0.2) is 11.6 Å². The number of likely N-dealkylation sites (N-methyl/N-ethyl adjacent to an activating group) is 2. The molecule has 0 saturated heterocycles. The molecule has 0 radical (unpaired) electrons. The summed E-state index contributed by atoms with van der Waals surface area (Å²) in [4.78, 5) is 49.4. The summed E-state index contributed by atoms with van der Waals surface area (Å²) >= 11 is 14.3. The van der Waals surface area contributed by atoms with E-state index >= 15 is 0 Å². The topological polar surface area (TPSA) is 157 Å². The zero-order valence-corrected chi connectivity index (χ0v) is 40.0. The van der Waals surface area contributed by atoms with Crippen molar-refractivity contribution in [3.63, 3.8) is 0 Å². The first-order valence-electron chi connectivity index (χ1n) is 21.2. The minimum atomic E-state index is -0.369. The van der Waals surface area contributed by atoms with Crippen molar-refractivity contribution >= 4 is 92.0 Å². The van der Waals surface area contributed by atoms with Crippen LogP contribution in [0.1, 0.15) is 65.7 Å². The largest absolute Gasteiger partial charge is 0.317 e. The normalized spacial score (nSPS) is 19.1. The molecule has 63 heavy (non-hydrogen) atoms. The van der Waals surface area contributed by atoms with Crippen molar-refractivity contribution in [2.24, 2.45) is 5.92 Å². The zero-order valence-electron chi connectivity index (χ0n) is 36.4. The van der Waals surface area contributed by atoms with E-state index in [2.05, 4.69) is 77.1 Å². The van der Waals surface area contributed by atoms with E-state index in [1.165, 1.54) is 32.1 Å². The molecule has 6 heterocycles. The van der Waals surface area contributed by atoms with Crippen molar-refractivity contribution in [2.45, 2.75) is 83.8 Å². The molecule has 9 rings (SSSR count). The smallest absolute Gasteiger partial charge is 0.250 e. The Bertz CT molecular complexity index is 2380. The predicted molar refractivity (Wildman–Crippen MR) is 260 cm³/mol. The molecule has 2 aromatic carbocycles. The second-order valence-corrected chi connectivity index (χ2v) is 17.1. The van der Waals surface area contributed by atoms with E-state index in [1.54, 1.807) is 59.6 Å². The molecular formula is C45H54Cl2IN13O2. The first kappa shape index (κ1) is 47.3. The van der Waals surface area contributed by atoms with Gasteiger partial charge >= 0.3 is 0 Å². The lowest BCUT2D eigenvalue weighted by Crippen LogP contribution is -2.50. The molecule has 1 fully saturated rings. The van der Waals surface area contributed by atoms with Crippen molar-refractivity contribution in [1.82, 2.24) is 45.2 Å². The Morgan fingerprint density at radius 1 is 0.746 bits per heavy atom. The van der Waals surface area contributed by atoms with Crippen LogP contribution in [0.25, 0.3) is 5.69 Å². The summed E-state index contributed by atoms with van der Waals surface area (Å²) in [6.45, 7) is 6.28. The number of H-pyrrole nitrogens is 1. The lowest BCUT2D eigenvalue weighted by molar-refractivity contribution is -0.120. The van der Waals surface area contributed by atoms with Crippen LogP contribution in [0.2, 0.25) is 10.6 Å². The number of nitrogens with one attached hydrogen (secondary N) is 2. The summed E-state index contributed by atoms with van der Waals surface area (Å²) in [5.41, 5.74) is 3.97. The summed E-state index contributed by atoms with van der Waals surface area (Å²) in [7, 11) is 5.57. The van der Waals surface area contributed by atoms with Crippen LogP contribution in [0, 0.1) is 9.49 Å². The molecule has 2 N–H and O–H groups in total. The number of aromatic amines is 1. The summed E-state index contributed by atoms with van der Waals surface area (Å²) < 4.78 is 2.87. The van der Waals surface area contributed by atoms with Gasteiger partial charge < -0.3 is 24.9 Å². The van der Waals surface area contributed by atoms with Gasteiger partial charge in [0.05, 0.1) is 18.1 Å². The number of amides is 2. The average molecular weight is 1010 g/mol. The number of fused-ring (bicyclic) bond motifs is 2. The van der Waals surface area contributed by atoms with Gasteiger partial charge in [0.25, 0.3) is 0 Å². The maximum Gasteiger partial charge on any atom is 0.250 e. The number of hydrogen-bond acceptors (Lipinski definition) is 11. The lowest BCUT2D eigenvalue weighted by atomic mass is 9.83. The van der Waals surface area contributed by atoms with E-state index in [1.807, 2.05) is 90.5 Å². The highest BCUT2D eigenvalue weighted by Crippen LogP contribution is 2.41. The van der Waals surface area contributed by atoms with Crippen LogP contribution in [0.5, 0.6) is 0 Å². The quantitative estimate of drug-likeness (QED) is 0.116. The second-order valence-electron chi connectivity index (χ2n) is 15.1. The molecule has 6 aromatic rings.